The van der Waals surface area contributed by atoms with Crippen molar-refractivity contribution < 1.29 is 9.47 Å². The molecule has 3 aliphatic rings. The Kier molecular flexibility index (Phi) is 2.91. The minimum Gasteiger partial charge on any atom is -0.421 e. The average Bonchev–Trinajstić information content (AvgIpc) is 2.93. The lowest BCUT2D eigenvalue weighted by Gasteiger charge is -2.35. The maximum atomic E-state index is 9.54. The number of nitrogens with one attached hydrogen (secondary N) is 2. The molecule has 1 atom stereocenters. The molecule has 7 heteroatoms. The number of hydrogen-bond donors (Lipinski definition) is 3. The maximum Gasteiger partial charge on any atom is 0.231 e. The van der Waals surface area contributed by atoms with E-state index in [0.29, 0.717) is 24.6 Å². The van der Waals surface area contributed by atoms with Crippen LogP contribution in [0.4, 0.5) is 11.4 Å². The van der Waals surface area contributed by atoms with Crippen molar-refractivity contribution in [1.82, 2.24) is 5.32 Å². The van der Waals surface area contributed by atoms with Gasteiger partial charge in [-0.25, -0.2) is 4.99 Å². The minimum atomic E-state index is -1.12. The summed E-state index contributed by atoms with van der Waals surface area (Å²) in [6, 6.07) is 9.74. The third-order valence-electron chi connectivity index (χ3n) is 4.10. The summed E-state index contributed by atoms with van der Waals surface area (Å²) in [4.78, 5) is 4.58. The highest BCUT2D eigenvalue weighted by molar-refractivity contribution is 6.03. The van der Waals surface area contributed by atoms with Crippen molar-refractivity contribution in [2.75, 3.05) is 18.5 Å². The molecule has 1 fully saturated rings. The summed E-state index contributed by atoms with van der Waals surface area (Å²) < 4.78 is 11.6. The van der Waals surface area contributed by atoms with Crippen molar-refractivity contribution in [3.8, 4) is 6.07 Å². The Hall–Kier alpha value is -2.82. The second-order valence-electron chi connectivity index (χ2n) is 5.47. The zero-order valence-electron chi connectivity index (χ0n) is 12.5. The third kappa shape index (κ3) is 1.86. The molecule has 0 bridgehead atoms. The number of hydrogen-bond acceptors (Lipinski definition) is 7. The fourth-order valence-corrected chi connectivity index (χ4v) is 3.15. The summed E-state index contributed by atoms with van der Waals surface area (Å²) in [7, 11) is 0. The van der Waals surface area contributed by atoms with Crippen LogP contribution in [0.15, 0.2) is 52.0 Å². The lowest BCUT2D eigenvalue weighted by molar-refractivity contribution is 0.0506. The molecule has 0 aliphatic carbocycles. The Bertz CT molecular complexity index is 825. The number of para-hydroxylation sites is 2. The Morgan fingerprint density at radius 1 is 1.39 bits per heavy atom. The Balaban J connectivity index is 1.99. The van der Waals surface area contributed by atoms with Crippen LogP contribution in [0.2, 0.25) is 0 Å². The molecule has 3 aliphatic heterocycles. The molecule has 0 aromatic heterocycles. The summed E-state index contributed by atoms with van der Waals surface area (Å²) in [5.74, 6) is 0.349. The summed E-state index contributed by atoms with van der Waals surface area (Å²) in [6.07, 6.45) is 0. The lowest BCUT2D eigenvalue weighted by atomic mass is 9.91. The van der Waals surface area contributed by atoms with Gasteiger partial charge in [-0.15, -0.1) is 0 Å². The molecule has 7 nitrogen and oxygen atoms in total. The predicted octanol–water partition coefficient (Wildman–Crippen LogP) is 1.46. The molecule has 1 aromatic carbocycles. The van der Waals surface area contributed by atoms with E-state index in [1.807, 2.05) is 31.2 Å². The van der Waals surface area contributed by atoms with Crippen LogP contribution in [-0.4, -0.2) is 24.8 Å². The van der Waals surface area contributed by atoms with Gasteiger partial charge in [0.2, 0.25) is 11.8 Å². The number of aliphatic imine (C=N–C) groups is 1. The van der Waals surface area contributed by atoms with Crippen LogP contribution in [-0.2, 0) is 9.47 Å². The second kappa shape index (κ2) is 4.84. The van der Waals surface area contributed by atoms with Gasteiger partial charge in [0.15, 0.2) is 5.72 Å². The first-order valence-corrected chi connectivity index (χ1v) is 7.29. The molecule has 116 valence electrons. The molecule has 1 saturated heterocycles. The van der Waals surface area contributed by atoms with Gasteiger partial charge in [0.25, 0.3) is 0 Å². The summed E-state index contributed by atoms with van der Waals surface area (Å²) in [6.45, 7) is 2.98. The van der Waals surface area contributed by atoms with E-state index in [2.05, 4.69) is 21.7 Å². The number of benzene rings is 1. The first kappa shape index (κ1) is 13.8. The standard InChI is InChI=1S/C16H15N5O2/c1-9-13-15(21-12-5-3-2-4-11(12)20-9)23-14(18)10(8-17)16(13)19-6-7-22-16/h2-5,19-20H,6-7,18H2,1H3. The van der Waals surface area contributed by atoms with E-state index in [0.717, 1.165) is 17.1 Å². The third-order valence-corrected chi connectivity index (χ3v) is 4.10. The molecular formula is C16H15N5O2. The normalized spacial score (nSPS) is 25.8. The number of fused-ring (bicyclic) bond motifs is 3. The van der Waals surface area contributed by atoms with Crippen LogP contribution < -0.4 is 16.4 Å². The van der Waals surface area contributed by atoms with Crippen molar-refractivity contribution in [3.63, 3.8) is 0 Å². The number of nitrogens with zero attached hydrogens (tertiary/aromatic N) is 2. The zero-order valence-corrected chi connectivity index (χ0v) is 12.5. The molecule has 0 amide bonds. The van der Waals surface area contributed by atoms with E-state index >= 15 is 0 Å². The van der Waals surface area contributed by atoms with Gasteiger partial charge in [-0.3, -0.25) is 5.32 Å². The van der Waals surface area contributed by atoms with Crippen molar-refractivity contribution in [3.05, 3.63) is 47.0 Å². The van der Waals surface area contributed by atoms with E-state index in [9.17, 15) is 5.26 Å². The molecule has 23 heavy (non-hydrogen) atoms. The fourth-order valence-electron chi connectivity index (χ4n) is 3.15. The molecule has 1 unspecified atom stereocenters. The highest BCUT2D eigenvalue weighted by atomic mass is 16.5. The lowest BCUT2D eigenvalue weighted by Crippen LogP contribution is -2.52. The summed E-state index contributed by atoms with van der Waals surface area (Å²) in [5.41, 5.74) is 8.10. The van der Waals surface area contributed by atoms with E-state index in [1.165, 1.54) is 0 Å². The van der Waals surface area contributed by atoms with Gasteiger partial charge in [-0.2, -0.15) is 5.26 Å². The molecule has 1 spiro atoms. The highest BCUT2D eigenvalue weighted by Gasteiger charge is 2.52. The minimum absolute atomic E-state index is 0.0107. The SMILES string of the molecule is CC1=C2C(=Nc3ccccc3N1)OC(N)=C(C#N)C21NCCO1. The summed E-state index contributed by atoms with van der Waals surface area (Å²) >= 11 is 0. The first-order chi connectivity index (χ1) is 11.2. The molecule has 0 saturated carbocycles. The molecule has 0 radical (unpaired) electrons. The Labute approximate surface area is 133 Å². The van der Waals surface area contributed by atoms with Gasteiger partial charge < -0.3 is 20.5 Å². The molecule has 4 rings (SSSR count). The van der Waals surface area contributed by atoms with Crippen molar-refractivity contribution in [2.45, 2.75) is 12.6 Å². The highest BCUT2D eigenvalue weighted by Crippen LogP contribution is 2.41. The van der Waals surface area contributed by atoms with E-state index in [-0.39, 0.29) is 11.5 Å². The number of allylic oxidation sites excluding steroid dienone is 1. The maximum absolute atomic E-state index is 9.54. The molecule has 4 N–H and O–H groups in total. The van der Waals surface area contributed by atoms with Gasteiger partial charge in [0, 0.05) is 12.2 Å². The monoisotopic (exact) mass is 309 g/mol. The number of rotatable bonds is 0. The first-order valence-electron chi connectivity index (χ1n) is 7.29. The van der Waals surface area contributed by atoms with Crippen LogP contribution in [0.25, 0.3) is 0 Å². The van der Waals surface area contributed by atoms with Crippen LogP contribution >= 0.6 is 0 Å². The quantitative estimate of drug-likeness (QED) is 0.670. The Morgan fingerprint density at radius 2 is 2.22 bits per heavy atom. The van der Waals surface area contributed by atoms with Crippen molar-refractivity contribution in [2.24, 2.45) is 10.7 Å². The van der Waals surface area contributed by atoms with E-state index in [1.54, 1.807) is 0 Å². The predicted molar refractivity (Wildman–Crippen MR) is 84.5 cm³/mol. The van der Waals surface area contributed by atoms with Crippen LogP contribution in [0.3, 0.4) is 0 Å². The van der Waals surface area contributed by atoms with E-state index < -0.39 is 5.72 Å². The average molecular weight is 309 g/mol. The van der Waals surface area contributed by atoms with Crippen molar-refractivity contribution in [1.29, 1.82) is 5.26 Å². The number of nitrogens with two attached hydrogens (primary N) is 1. The van der Waals surface area contributed by atoms with Crippen LogP contribution in [0, 0.1) is 11.3 Å². The van der Waals surface area contributed by atoms with Gasteiger partial charge in [-0.05, 0) is 19.1 Å². The largest absolute Gasteiger partial charge is 0.421 e. The van der Waals surface area contributed by atoms with Gasteiger partial charge in [0.05, 0.1) is 23.6 Å². The number of anilines is 1. The second-order valence-corrected chi connectivity index (χ2v) is 5.47. The van der Waals surface area contributed by atoms with Gasteiger partial charge in [0.1, 0.15) is 11.6 Å². The van der Waals surface area contributed by atoms with Gasteiger partial charge in [-0.1, -0.05) is 12.1 Å². The van der Waals surface area contributed by atoms with Crippen molar-refractivity contribution >= 4 is 17.3 Å². The molecule has 1 aromatic rings. The topological polar surface area (TPSA) is 105 Å². The Morgan fingerprint density at radius 3 is 2.96 bits per heavy atom. The van der Waals surface area contributed by atoms with E-state index in [4.69, 9.17) is 15.2 Å². The number of ether oxygens (including phenoxy) is 2. The fraction of sp³-hybridized carbons (Fsp3) is 0.250. The summed E-state index contributed by atoms with van der Waals surface area (Å²) in [5, 5.41) is 16.1. The van der Waals surface area contributed by atoms with Gasteiger partial charge >= 0.3 is 0 Å². The number of nitriles is 1. The zero-order chi connectivity index (χ0) is 16.0. The smallest absolute Gasteiger partial charge is 0.231 e. The molecule has 3 heterocycles. The van der Waals surface area contributed by atoms with Crippen LogP contribution in [0.1, 0.15) is 6.92 Å². The van der Waals surface area contributed by atoms with Crippen LogP contribution in [0.5, 0.6) is 0 Å². The molecular weight excluding hydrogens is 294 g/mol.